The summed E-state index contributed by atoms with van der Waals surface area (Å²) in [4.78, 5) is 9.66. The molecule has 1 aromatic carbocycles. The molecular formula is C20H26FN3. The largest absolute Gasteiger partial charge is 0.302 e. The molecule has 2 aliphatic rings. The summed E-state index contributed by atoms with van der Waals surface area (Å²) in [5.74, 6) is -0.173. The molecule has 4 heteroatoms. The van der Waals surface area contributed by atoms with Crippen LogP contribution in [0.15, 0.2) is 30.5 Å². The Morgan fingerprint density at radius 1 is 1.04 bits per heavy atom. The summed E-state index contributed by atoms with van der Waals surface area (Å²) in [5, 5.41) is 0.641. The van der Waals surface area contributed by atoms with Crippen molar-refractivity contribution in [2.45, 2.75) is 44.7 Å². The van der Waals surface area contributed by atoms with Gasteiger partial charge in [-0.1, -0.05) is 12.5 Å². The second kappa shape index (κ2) is 7.16. The second-order valence-electron chi connectivity index (χ2n) is 7.23. The summed E-state index contributed by atoms with van der Waals surface area (Å²) in [6.45, 7) is 5.72. The van der Waals surface area contributed by atoms with E-state index in [1.807, 2.05) is 18.2 Å². The zero-order valence-electron chi connectivity index (χ0n) is 14.3. The predicted molar refractivity (Wildman–Crippen MR) is 95.4 cm³/mol. The minimum absolute atomic E-state index is 0.173. The summed E-state index contributed by atoms with van der Waals surface area (Å²) in [6.07, 6.45) is 8.39. The first kappa shape index (κ1) is 16.0. The van der Waals surface area contributed by atoms with Crippen molar-refractivity contribution in [1.29, 1.82) is 0 Å². The third-order valence-corrected chi connectivity index (χ3v) is 5.59. The lowest BCUT2D eigenvalue weighted by Crippen LogP contribution is -2.42. The van der Waals surface area contributed by atoms with Gasteiger partial charge in [0.2, 0.25) is 0 Å². The van der Waals surface area contributed by atoms with Crippen molar-refractivity contribution in [3.63, 3.8) is 0 Å². The van der Waals surface area contributed by atoms with E-state index in [1.165, 1.54) is 51.7 Å². The van der Waals surface area contributed by atoms with E-state index in [9.17, 15) is 4.39 Å². The SMILES string of the molecule is Fc1ccc(CN2CCCC2CN2CCCCC2)c2ncccc12. The molecule has 2 fully saturated rings. The standard InChI is InChI=1S/C20H26FN3/c21-19-9-8-16(20-18(19)7-4-10-22-20)14-24-13-5-6-17(24)15-23-11-2-1-3-12-23/h4,7-10,17H,1-3,5-6,11-15H2. The number of rotatable bonds is 4. The lowest BCUT2D eigenvalue weighted by Gasteiger charge is -2.33. The van der Waals surface area contributed by atoms with Gasteiger partial charge in [-0.3, -0.25) is 9.88 Å². The maximum absolute atomic E-state index is 14.0. The van der Waals surface area contributed by atoms with Crippen molar-refractivity contribution in [3.05, 3.63) is 41.8 Å². The third-order valence-electron chi connectivity index (χ3n) is 5.59. The molecule has 4 rings (SSSR count). The average molecular weight is 327 g/mol. The van der Waals surface area contributed by atoms with Crippen molar-refractivity contribution in [2.75, 3.05) is 26.2 Å². The van der Waals surface area contributed by atoms with E-state index in [1.54, 1.807) is 12.3 Å². The molecular weight excluding hydrogens is 301 g/mol. The minimum Gasteiger partial charge on any atom is -0.302 e. The summed E-state index contributed by atoms with van der Waals surface area (Å²) < 4.78 is 14.0. The molecule has 0 spiro atoms. The van der Waals surface area contributed by atoms with Crippen LogP contribution in [0.3, 0.4) is 0 Å². The number of hydrogen-bond donors (Lipinski definition) is 0. The van der Waals surface area contributed by atoms with Gasteiger partial charge in [-0.25, -0.2) is 4.39 Å². The summed E-state index contributed by atoms with van der Waals surface area (Å²) >= 11 is 0. The highest BCUT2D eigenvalue weighted by atomic mass is 19.1. The molecule has 0 N–H and O–H groups in total. The van der Waals surface area contributed by atoms with E-state index < -0.39 is 0 Å². The molecule has 1 atom stereocenters. The van der Waals surface area contributed by atoms with Crippen LogP contribution in [0.5, 0.6) is 0 Å². The van der Waals surface area contributed by atoms with Crippen LogP contribution in [0.25, 0.3) is 10.9 Å². The highest BCUT2D eigenvalue weighted by Crippen LogP contribution is 2.26. The topological polar surface area (TPSA) is 19.4 Å². The van der Waals surface area contributed by atoms with Crippen LogP contribution in [0.4, 0.5) is 4.39 Å². The van der Waals surface area contributed by atoms with E-state index in [0.29, 0.717) is 11.4 Å². The van der Waals surface area contributed by atoms with Gasteiger partial charge in [0.1, 0.15) is 5.82 Å². The van der Waals surface area contributed by atoms with Crippen molar-refractivity contribution in [3.8, 4) is 0 Å². The van der Waals surface area contributed by atoms with Crippen LogP contribution in [-0.2, 0) is 6.54 Å². The van der Waals surface area contributed by atoms with Crippen LogP contribution >= 0.6 is 0 Å². The first-order chi connectivity index (χ1) is 11.8. The van der Waals surface area contributed by atoms with Gasteiger partial charge in [-0.05, 0) is 69.1 Å². The van der Waals surface area contributed by atoms with E-state index in [4.69, 9.17) is 0 Å². The normalized spacial score (nSPS) is 23.1. The molecule has 2 aromatic rings. The molecule has 0 radical (unpaired) electrons. The molecule has 0 bridgehead atoms. The number of nitrogens with zero attached hydrogens (tertiary/aromatic N) is 3. The van der Waals surface area contributed by atoms with Gasteiger partial charge in [-0.15, -0.1) is 0 Å². The second-order valence-corrected chi connectivity index (χ2v) is 7.23. The molecule has 2 saturated heterocycles. The number of aromatic nitrogens is 1. The molecule has 1 unspecified atom stereocenters. The molecule has 0 saturated carbocycles. The van der Waals surface area contributed by atoms with Crippen LogP contribution in [0.1, 0.15) is 37.7 Å². The molecule has 128 valence electrons. The highest BCUT2D eigenvalue weighted by molar-refractivity contribution is 5.82. The van der Waals surface area contributed by atoms with Gasteiger partial charge >= 0.3 is 0 Å². The van der Waals surface area contributed by atoms with Crippen molar-refractivity contribution in [1.82, 2.24) is 14.8 Å². The Morgan fingerprint density at radius 2 is 1.92 bits per heavy atom. The smallest absolute Gasteiger partial charge is 0.132 e. The van der Waals surface area contributed by atoms with Gasteiger partial charge < -0.3 is 4.90 Å². The Balaban J connectivity index is 1.51. The Kier molecular flexibility index (Phi) is 4.76. The van der Waals surface area contributed by atoms with Crippen LogP contribution in [0, 0.1) is 5.82 Å². The number of likely N-dealkylation sites (tertiary alicyclic amines) is 2. The van der Waals surface area contributed by atoms with E-state index in [-0.39, 0.29) is 5.82 Å². The lowest BCUT2D eigenvalue weighted by atomic mass is 10.1. The molecule has 0 aliphatic carbocycles. The van der Waals surface area contributed by atoms with E-state index >= 15 is 0 Å². The van der Waals surface area contributed by atoms with Gasteiger partial charge in [0.15, 0.2) is 0 Å². The number of fused-ring (bicyclic) bond motifs is 1. The van der Waals surface area contributed by atoms with Crippen molar-refractivity contribution < 1.29 is 4.39 Å². The number of halogens is 1. The maximum Gasteiger partial charge on any atom is 0.132 e. The molecule has 24 heavy (non-hydrogen) atoms. The fourth-order valence-corrected chi connectivity index (χ4v) is 4.29. The molecule has 3 heterocycles. The number of hydrogen-bond acceptors (Lipinski definition) is 3. The van der Waals surface area contributed by atoms with Crippen molar-refractivity contribution in [2.24, 2.45) is 0 Å². The number of piperidine rings is 1. The van der Waals surface area contributed by atoms with Gasteiger partial charge in [0.05, 0.1) is 5.52 Å². The average Bonchev–Trinajstić information content (AvgIpc) is 3.05. The first-order valence-electron chi connectivity index (χ1n) is 9.30. The van der Waals surface area contributed by atoms with Gasteiger partial charge in [0, 0.05) is 30.7 Å². The summed E-state index contributed by atoms with van der Waals surface area (Å²) in [7, 11) is 0. The number of pyridine rings is 1. The lowest BCUT2D eigenvalue weighted by molar-refractivity contribution is 0.149. The summed E-state index contributed by atoms with van der Waals surface area (Å²) in [5.41, 5.74) is 1.97. The van der Waals surface area contributed by atoms with Crippen LogP contribution < -0.4 is 0 Å². The highest BCUT2D eigenvalue weighted by Gasteiger charge is 2.27. The predicted octanol–water partition coefficient (Wildman–Crippen LogP) is 3.82. The molecule has 2 aliphatic heterocycles. The number of benzene rings is 1. The fraction of sp³-hybridized carbons (Fsp3) is 0.550. The molecule has 0 amide bonds. The fourth-order valence-electron chi connectivity index (χ4n) is 4.29. The Hall–Kier alpha value is -1.52. The first-order valence-corrected chi connectivity index (χ1v) is 9.30. The zero-order chi connectivity index (χ0) is 16.4. The Bertz CT molecular complexity index is 696. The van der Waals surface area contributed by atoms with Crippen LogP contribution in [-0.4, -0.2) is 47.0 Å². The van der Waals surface area contributed by atoms with E-state index in [0.717, 1.165) is 24.2 Å². The Labute approximate surface area is 143 Å². The van der Waals surface area contributed by atoms with Crippen molar-refractivity contribution >= 4 is 10.9 Å². The van der Waals surface area contributed by atoms with Gasteiger partial charge in [0.25, 0.3) is 0 Å². The monoisotopic (exact) mass is 327 g/mol. The van der Waals surface area contributed by atoms with Crippen LogP contribution in [0.2, 0.25) is 0 Å². The minimum atomic E-state index is -0.173. The van der Waals surface area contributed by atoms with Gasteiger partial charge in [-0.2, -0.15) is 0 Å². The zero-order valence-corrected chi connectivity index (χ0v) is 14.3. The quantitative estimate of drug-likeness (QED) is 0.851. The maximum atomic E-state index is 14.0. The van der Waals surface area contributed by atoms with E-state index in [2.05, 4.69) is 14.8 Å². The summed E-state index contributed by atoms with van der Waals surface area (Å²) in [6, 6.07) is 7.78. The third kappa shape index (κ3) is 3.31. The Morgan fingerprint density at radius 3 is 2.79 bits per heavy atom. The molecule has 3 nitrogen and oxygen atoms in total. The molecule has 1 aromatic heterocycles.